The molecule has 0 atom stereocenters. The van der Waals surface area contributed by atoms with Crippen LogP contribution in [0.15, 0.2) is 41.3 Å². The van der Waals surface area contributed by atoms with Crippen molar-refractivity contribution in [1.29, 1.82) is 0 Å². The first-order chi connectivity index (χ1) is 12.7. The Bertz CT molecular complexity index is 911. The summed E-state index contributed by atoms with van der Waals surface area (Å²) in [6.07, 6.45) is 7.36. The third-order valence-corrected chi connectivity index (χ3v) is 5.21. The summed E-state index contributed by atoms with van der Waals surface area (Å²) < 4.78 is 6.90. The van der Waals surface area contributed by atoms with Gasteiger partial charge < -0.3 is 9.64 Å². The number of aryl methyl sites for hydroxylation is 1. The predicted molar refractivity (Wildman–Crippen MR) is 104 cm³/mol. The van der Waals surface area contributed by atoms with E-state index < -0.39 is 0 Å². The van der Waals surface area contributed by atoms with Crippen LogP contribution >= 0.6 is 15.9 Å². The predicted octanol–water partition coefficient (Wildman–Crippen LogP) is 3.79. The lowest BCUT2D eigenvalue weighted by atomic mass is 9.98. The van der Waals surface area contributed by atoms with Crippen LogP contribution in [0.5, 0.6) is 5.88 Å². The van der Waals surface area contributed by atoms with Gasteiger partial charge >= 0.3 is 0 Å². The summed E-state index contributed by atoms with van der Waals surface area (Å²) in [7, 11) is 0. The standard InChI is InChI=1S/C19H20BrN5O/c1-13-18(22-7-6-21-13)26-12-14-4-8-25(9-5-14)19-23-11-15-10-16(20)2-3-17(15)24-19/h2-3,6-7,10-11,14H,4-5,8-9,12H2,1H3. The normalized spacial score (nSPS) is 15.4. The van der Waals surface area contributed by atoms with E-state index in [0.29, 0.717) is 18.4 Å². The molecule has 0 aliphatic carbocycles. The molecule has 3 aromatic rings. The number of hydrogen-bond donors (Lipinski definition) is 0. The fourth-order valence-electron chi connectivity index (χ4n) is 3.18. The number of benzene rings is 1. The SMILES string of the molecule is Cc1nccnc1OCC1CCN(c2ncc3cc(Br)ccc3n2)CC1. The van der Waals surface area contributed by atoms with Gasteiger partial charge in [-0.05, 0) is 43.9 Å². The van der Waals surface area contributed by atoms with Crippen LogP contribution in [0.25, 0.3) is 10.9 Å². The Morgan fingerprint density at radius 3 is 2.77 bits per heavy atom. The highest BCUT2D eigenvalue weighted by Crippen LogP contribution is 2.24. The highest BCUT2D eigenvalue weighted by Gasteiger charge is 2.22. The quantitative estimate of drug-likeness (QED) is 0.648. The van der Waals surface area contributed by atoms with Crippen LogP contribution < -0.4 is 9.64 Å². The van der Waals surface area contributed by atoms with Crippen LogP contribution in [0.2, 0.25) is 0 Å². The van der Waals surface area contributed by atoms with Gasteiger partial charge in [0.05, 0.1) is 17.8 Å². The topological polar surface area (TPSA) is 64.0 Å². The average Bonchev–Trinajstić information content (AvgIpc) is 2.67. The van der Waals surface area contributed by atoms with E-state index >= 15 is 0 Å². The van der Waals surface area contributed by atoms with Crippen molar-refractivity contribution in [1.82, 2.24) is 19.9 Å². The minimum atomic E-state index is 0.518. The van der Waals surface area contributed by atoms with Crippen molar-refractivity contribution in [3.8, 4) is 5.88 Å². The van der Waals surface area contributed by atoms with E-state index in [9.17, 15) is 0 Å². The van der Waals surface area contributed by atoms with Crippen molar-refractivity contribution in [2.75, 3.05) is 24.6 Å². The number of anilines is 1. The number of ether oxygens (including phenoxy) is 1. The third-order valence-electron chi connectivity index (χ3n) is 4.72. The lowest BCUT2D eigenvalue weighted by Crippen LogP contribution is -2.36. The molecule has 26 heavy (non-hydrogen) atoms. The molecule has 1 aliphatic rings. The highest BCUT2D eigenvalue weighted by atomic mass is 79.9. The Labute approximate surface area is 160 Å². The molecule has 7 heteroatoms. The second-order valence-electron chi connectivity index (χ2n) is 6.56. The maximum absolute atomic E-state index is 5.86. The van der Waals surface area contributed by atoms with Crippen LogP contribution in [-0.4, -0.2) is 39.6 Å². The molecule has 0 unspecified atom stereocenters. The maximum Gasteiger partial charge on any atom is 0.235 e. The van der Waals surface area contributed by atoms with Gasteiger partial charge in [-0.1, -0.05) is 15.9 Å². The zero-order valence-corrected chi connectivity index (χ0v) is 16.2. The molecule has 1 aliphatic heterocycles. The van der Waals surface area contributed by atoms with Gasteiger partial charge in [-0.3, -0.25) is 4.98 Å². The van der Waals surface area contributed by atoms with Gasteiger partial charge in [0.25, 0.3) is 0 Å². The van der Waals surface area contributed by atoms with E-state index in [1.807, 2.05) is 31.3 Å². The molecule has 1 fully saturated rings. The largest absolute Gasteiger partial charge is 0.476 e. The molecular weight excluding hydrogens is 394 g/mol. The smallest absolute Gasteiger partial charge is 0.235 e. The maximum atomic E-state index is 5.86. The highest BCUT2D eigenvalue weighted by molar-refractivity contribution is 9.10. The Morgan fingerprint density at radius 1 is 1.15 bits per heavy atom. The minimum absolute atomic E-state index is 0.518. The van der Waals surface area contributed by atoms with Crippen molar-refractivity contribution in [3.63, 3.8) is 0 Å². The monoisotopic (exact) mass is 413 g/mol. The molecule has 0 amide bonds. The Morgan fingerprint density at radius 2 is 1.96 bits per heavy atom. The van der Waals surface area contributed by atoms with Gasteiger partial charge in [-0.15, -0.1) is 0 Å². The zero-order chi connectivity index (χ0) is 17.9. The summed E-state index contributed by atoms with van der Waals surface area (Å²) in [5.41, 5.74) is 1.81. The molecule has 4 rings (SSSR count). The molecule has 1 aromatic carbocycles. The number of aromatic nitrogens is 4. The van der Waals surface area contributed by atoms with E-state index in [0.717, 1.165) is 52.9 Å². The molecule has 0 saturated carbocycles. The summed E-state index contributed by atoms with van der Waals surface area (Å²) in [6, 6.07) is 6.07. The van der Waals surface area contributed by atoms with Crippen LogP contribution in [0.1, 0.15) is 18.5 Å². The molecule has 134 valence electrons. The van der Waals surface area contributed by atoms with E-state index in [1.54, 1.807) is 12.4 Å². The van der Waals surface area contributed by atoms with Crippen LogP contribution in [0.3, 0.4) is 0 Å². The average molecular weight is 414 g/mol. The first kappa shape index (κ1) is 17.1. The number of halogens is 1. The van der Waals surface area contributed by atoms with Gasteiger partial charge in [0.2, 0.25) is 11.8 Å². The van der Waals surface area contributed by atoms with Gasteiger partial charge in [0.1, 0.15) is 0 Å². The number of hydrogen-bond acceptors (Lipinski definition) is 6. The Kier molecular flexibility index (Phi) is 4.97. The molecule has 3 heterocycles. The second kappa shape index (κ2) is 7.53. The summed E-state index contributed by atoms with van der Waals surface area (Å²) in [5, 5.41) is 1.05. The minimum Gasteiger partial charge on any atom is -0.476 e. The van der Waals surface area contributed by atoms with Crippen molar-refractivity contribution in [2.24, 2.45) is 5.92 Å². The fourth-order valence-corrected chi connectivity index (χ4v) is 3.56. The van der Waals surface area contributed by atoms with Crippen molar-refractivity contribution in [3.05, 3.63) is 47.0 Å². The van der Waals surface area contributed by atoms with Crippen LogP contribution in [-0.2, 0) is 0 Å². The molecule has 0 spiro atoms. The number of piperidine rings is 1. The lowest BCUT2D eigenvalue weighted by Gasteiger charge is -2.31. The summed E-state index contributed by atoms with van der Waals surface area (Å²) in [6.45, 7) is 4.48. The molecule has 6 nitrogen and oxygen atoms in total. The number of fused-ring (bicyclic) bond motifs is 1. The van der Waals surface area contributed by atoms with Crippen LogP contribution in [0, 0.1) is 12.8 Å². The summed E-state index contributed by atoms with van der Waals surface area (Å²) >= 11 is 3.48. The van der Waals surface area contributed by atoms with E-state index in [4.69, 9.17) is 9.72 Å². The van der Waals surface area contributed by atoms with Crippen molar-refractivity contribution < 1.29 is 4.74 Å². The number of rotatable bonds is 4. The summed E-state index contributed by atoms with van der Waals surface area (Å²) in [4.78, 5) is 20.0. The van der Waals surface area contributed by atoms with Gasteiger partial charge in [-0.25, -0.2) is 15.0 Å². The van der Waals surface area contributed by atoms with Crippen molar-refractivity contribution >= 4 is 32.8 Å². The fraction of sp³-hybridized carbons (Fsp3) is 0.368. The van der Waals surface area contributed by atoms with Gasteiger partial charge in [-0.2, -0.15) is 0 Å². The molecule has 2 aromatic heterocycles. The Hall–Kier alpha value is -2.28. The molecule has 0 N–H and O–H groups in total. The summed E-state index contributed by atoms with van der Waals surface area (Å²) in [5.74, 6) is 1.96. The first-order valence-electron chi connectivity index (χ1n) is 8.77. The molecule has 0 bridgehead atoms. The second-order valence-corrected chi connectivity index (χ2v) is 7.48. The third kappa shape index (κ3) is 3.77. The number of nitrogens with zero attached hydrogens (tertiary/aromatic N) is 5. The van der Waals surface area contributed by atoms with E-state index in [-0.39, 0.29) is 0 Å². The zero-order valence-electron chi connectivity index (χ0n) is 14.6. The lowest BCUT2D eigenvalue weighted by molar-refractivity contribution is 0.213. The van der Waals surface area contributed by atoms with E-state index in [1.165, 1.54) is 0 Å². The molecule has 1 saturated heterocycles. The first-order valence-corrected chi connectivity index (χ1v) is 9.56. The van der Waals surface area contributed by atoms with E-state index in [2.05, 4.69) is 35.8 Å². The molecule has 0 radical (unpaired) electrons. The molecular formula is C19H20BrN5O. The Balaban J connectivity index is 1.36. The van der Waals surface area contributed by atoms with Gasteiger partial charge in [0.15, 0.2) is 0 Å². The van der Waals surface area contributed by atoms with Crippen molar-refractivity contribution in [2.45, 2.75) is 19.8 Å². The van der Waals surface area contributed by atoms with Gasteiger partial charge in [0, 0.05) is 41.5 Å². The van der Waals surface area contributed by atoms with Crippen LogP contribution in [0.4, 0.5) is 5.95 Å².